The zero-order valence-electron chi connectivity index (χ0n) is 18.0. The van der Waals surface area contributed by atoms with Gasteiger partial charge in [-0.1, -0.05) is 0 Å². The van der Waals surface area contributed by atoms with Crippen LogP contribution < -0.4 is 14.4 Å². The summed E-state index contributed by atoms with van der Waals surface area (Å²) in [5, 5.41) is 0. The van der Waals surface area contributed by atoms with Crippen LogP contribution in [0.3, 0.4) is 0 Å². The number of carbonyl (C=O) groups is 3. The van der Waals surface area contributed by atoms with Crippen molar-refractivity contribution in [2.45, 2.75) is 18.9 Å². The van der Waals surface area contributed by atoms with E-state index in [1.54, 1.807) is 19.6 Å². The third kappa shape index (κ3) is 4.06. The van der Waals surface area contributed by atoms with Crippen molar-refractivity contribution in [3.8, 4) is 11.5 Å². The number of hydrogen-bond acceptors (Lipinski definition) is 6. The summed E-state index contributed by atoms with van der Waals surface area (Å²) in [6.45, 7) is 4.63. The number of fused-ring (bicyclic) bond motifs is 1. The molecule has 10 heteroatoms. The second-order valence-corrected chi connectivity index (χ2v) is 8.39. The summed E-state index contributed by atoms with van der Waals surface area (Å²) in [6.07, 6.45) is 1.36. The Bertz CT molecular complexity index is 894. The fourth-order valence-corrected chi connectivity index (χ4v) is 4.58. The van der Waals surface area contributed by atoms with Crippen LogP contribution in [-0.4, -0.2) is 104 Å². The molecule has 3 fully saturated rings. The lowest BCUT2D eigenvalue weighted by Gasteiger charge is -2.36. The molecule has 0 radical (unpaired) electrons. The molecule has 4 aliphatic rings. The first-order valence-electron chi connectivity index (χ1n) is 11.2. The number of nitrogens with zero attached hydrogens (tertiary/aromatic N) is 4. The summed E-state index contributed by atoms with van der Waals surface area (Å²) >= 11 is 0. The third-order valence-electron chi connectivity index (χ3n) is 6.41. The van der Waals surface area contributed by atoms with Crippen molar-refractivity contribution in [1.82, 2.24) is 14.7 Å². The average Bonchev–Trinajstić information content (AvgIpc) is 3.49. The van der Waals surface area contributed by atoms with Crippen LogP contribution in [-0.2, 0) is 14.3 Å². The lowest BCUT2D eigenvalue weighted by atomic mass is 10.2. The summed E-state index contributed by atoms with van der Waals surface area (Å²) in [5.74, 6) is 1.24. The van der Waals surface area contributed by atoms with Gasteiger partial charge in [-0.3, -0.25) is 14.5 Å². The summed E-state index contributed by atoms with van der Waals surface area (Å²) in [7, 11) is 0. The third-order valence-corrected chi connectivity index (χ3v) is 6.41. The zero-order valence-corrected chi connectivity index (χ0v) is 18.0. The quantitative estimate of drug-likeness (QED) is 0.674. The van der Waals surface area contributed by atoms with Gasteiger partial charge in [0.05, 0.1) is 0 Å². The van der Waals surface area contributed by atoms with E-state index in [-0.39, 0.29) is 30.5 Å². The molecule has 32 heavy (non-hydrogen) atoms. The highest BCUT2D eigenvalue weighted by Crippen LogP contribution is 2.35. The molecule has 0 N–H and O–H groups in total. The Labute approximate surface area is 186 Å². The van der Waals surface area contributed by atoms with Crippen LogP contribution in [0, 0.1) is 0 Å². The Morgan fingerprint density at radius 2 is 1.66 bits per heavy atom. The molecule has 0 bridgehead atoms. The first-order chi connectivity index (χ1) is 15.6. The molecule has 5 rings (SSSR count). The lowest BCUT2D eigenvalue weighted by molar-refractivity contribution is -0.146. The van der Waals surface area contributed by atoms with Gasteiger partial charge in [0.1, 0.15) is 25.9 Å². The van der Waals surface area contributed by atoms with Crippen LogP contribution in [0.5, 0.6) is 11.5 Å². The number of rotatable bonds is 4. The molecule has 0 spiro atoms. The van der Waals surface area contributed by atoms with Gasteiger partial charge in [-0.2, -0.15) is 0 Å². The molecule has 172 valence electrons. The van der Waals surface area contributed by atoms with Gasteiger partial charge in [-0.25, -0.2) is 4.79 Å². The van der Waals surface area contributed by atoms with E-state index in [1.807, 2.05) is 18.2 Å². The van der Waals surface area contributed by atoms with Crippen molar-refractivity contribution < 1.29 is 28.6 Å². The van der Waals surface area contributed by atoms with Gasteiger partial charge in [0.25, 0.3) is 5.91 Å². The number of amides is 4. The highest BCUT2D eigenvalue weighted by Gasteiger charge is 2.35. The SMILES string of the molecule is O=C(CN1CCN(c2ccc3c(c2)OCCO3)C1=O)N1CCN(C(=O)[C@@H]2CCCO2)CC1. The predicted molar refractivity (Wildman–Crippen MR) is 114 cm³/mol. The Morgan fingerprint density at radius 1 is 0.906 bits per heavy atom. The van der Waals surface area contributed by atoms with E-state index in [1.165, 1.54) is 0 Å². The molecule has 1 aromatic rings. The highest BCUT2D eigenvalue weighted by atomic mass is 16.6. The van der Waals surface area contributed by atoms with E-state index in [0.717, 1.165) is 18.5 Å². The fourth-order valence-electron chi connectivity index (χ4n) is 4.58. The molecular formula is C22H28N4O6. The van der Waals surface area contributed by atoms with Crippen LogP contribution in [0.15, 0.2) is 18.2 Å². The molecule has 0 saturated carbocycles. The zero-order chi connectivity index (χ0) is 22.1. The van der Waals surface area contributed by atoms with E-state index in [2.05, 4.69) is 0 Å². The van der Waals surface area contributed by atoms with Crippen LogP contribution >= 0.6 is 0 Å². The second-order valence-electron chi connectivity index (χ2n) is 8.39. The van der Waals surface area contributed by atoms with Gasteiger partial charge in [-0.15, -0.1) is 0 Å². The summed E-state index contributed by atoms with van der Waals surface area (Å²) in [5.41, 5.74) is 0.732. The molecule has 1 atom stereocenters. The van der Waals surface area contributed by atoms with E-state index in [4.69, 9.17) is 14.2 Å². The van der Waals surface area contributed by atoms with E-state index in [9.17, 15) is 14.4 Å². The van der Waals surface area contributed by atoms with Gasteiger partial charge in [0.2, 0.25) is 5.91 Å². The number of ether oxygens (including phenoxy) is 3. The monoisotopic (exact) mass is 444 g/mol. The lowest BCUT2D eigenvalue weighted by Crippen LogP contribution is -2.54. The molecule has 0 unspecified atom stereocenters. The van der Waals surface area contributed by atoms with Crippen LogP contribution in [0.2, 0.25) is 0 Å². The standard InChI is InChI=1S/C22H28N4O6/c27-20(23-5-7-24(8-6-23)21(28)18-2-1-11-30-18)15-25-9-10-26(22(25)29)16-3-4-17-19(14-16)32-13-12-31-17/h3-4,14,18H,1-2,5-13,15H2/t18-/m0/s1. The minimum Gasteiger partial charge on any atom is -0.486 e. The van der Waals surface area contributed by atoms with Gasteiger partial charge < -0.3 is 28.9 Å². The van der Waals surface area contributed by atoms with Crippen LogP contribution in [0.1, 0.15) is 12.8 Å². The topological polar surface area (TPSA) is 91.9 Å². The normalized spacial score (nSPS) is 23.1. The Morgan fingerprint density at radius 3 is 2.41 bits per heavy atom. The van der Waals surface area contributed by atoms with Gasteiger partial charge in [-0.05, 0) is 25.0 Å². The average molecular weight is 444 g/mol. The van der Waals surface area contributed by atoms with Crippen molar-refractivity contribution in [2.75, 3.05) is 70.5 Å². The molecule has 3 saturated heterocycles. The van der Waals surface area contributed by atoms with Crippen molar-refractivity contribution in [3.63, 3.8) is 0 Å². The first kappa shape index (κ1) is 20.9. The van der Waals surface area contributed by atoms with Gasteiger partial charge >= 0.3 is 6.03 Å². The predicted octanol–water partition coefficient (Wildman–Crippen LogP) is 0.550. The maximum absolute atomic E-state index is 12.9. The van der Waals surface area contributed by atoms with Crippen molar-refractivity contribution in [3.05, 3.63) is 18.2 Å². The maximum Gasteiger partial charge on any atom is 0.325 e. The van der Waals surface area contributed by atoms with Crippen LogP contribution in [0.4, 0.5) is 10.5 Å². The van der Waals surface area contributed by atoms with E-state index in [0.29, 0.717) is 70.6 Å². The summed E-state index contributed by atoms with van der Waals surface area (Å²) < 4.78 is 16.6. The van der Waals surface area contributed by atoms with Gasteiger partial charge in [0, 0.05) is 57.6 Å². The van der Waals surface area contributed by atoms with E-state index < -0.39 is 0 Å². The molecule has 0 aliphatic carbocycles. The second kappa shape index (κ2) is 8.85. The smallest absolute Gasteiger partial charge is 0.325 e. The Kier molecular flexibility index (Phi) is 5.77. The first-order valence-corrected chi connectivity index (χ1v) is 11.2. The number of carbonyl (C=O) groups excluding carboxylic acids is 3. The van der Waals surface area contributed by atoms with Crippen molar-refractivity contribution >= 4 is 23.5 Å². The number of anilines is 1. The highest BCUT2D eigenvalue weighted by molar-refractivity contribution is 5.96. The Balaban J connectivity index is 1.14. The molecule has 0 aromatic heterocycles. The number of hydrogen-bond donors (Lipinski definition) is 0. The molecule has 4 aliphatic heterocycles. The number of urea groups is 1. The molecule has 4 heterocycles. The maximum atomic E-state index is 12.9. The molecular weight excluding hydrogens is 416 g/mol. The van der Waals surface area contributed by atoms with Crippen LogP contribution in [0.25, 0.3) is 0 Å². The summed E-state index contributed by atoms with van der Waals surface area (Å²) in [4.78, 5) is 45.0. The summed E-state index contributed by atoms with van der Waals surface area (Å²) in [6, 6.07) is 5.26. The minimum absolute atomic E-state index is 0.0272. The number of benzene rings is 1. The fraction of sp³-hybridized carbons (Fsp3) is 0.591. The Hall–Kier alpha value is -3.01. The largest absolute Gasteiger partial charge is 0.486 e. The van der Waals surface area contributed by atoms with Gasteiger partial charge in [0.15, 0.2) is 11.5 Å². The molecule has 1 aromatic carbocycles. The molecule has 4 amide bonds. The number of piperazine rings is 1. The van der Waals surface area contributed by atoms with Crippen molar-refractivity contribution in [1.29, 1.82) is 0 Å². The van der Waals surface area contributed by atoms with E-state index >= 15 is 0 Å². The molecule has 10 nitrogen and oxygen atoms in total. The minimum atomic E-state index is -0.328. The van der Waals surface area contributed by atoms with Crippen molar-refractivity contribution in [2.24, 2.45) is 0 Å².